The molecule has 0 unspecified atom stereocenters. The molecule has 0 radical (unpaired) electrons. The van der Waals surface area contributed by atoms with Gasteiger partial charge in [0, 0.05) is 26.2 Å². The van der Waals surface area contributed by atoms with Gasteiger partial charge in [-0.1, -0.05) is 29.8 Å². The molecule has 1 aromatic carbocycles. The fraction of sp³-hybridized carbons (Fsp3) is 0.526. The van der Waals surface area contributed by atoms with Gasteiger partial charge >= 0.3 is 5.97 Å². The maximum absolute atomic E-state index is 12.8. The van der Waals surface area contributed by atoms with E-state index in [1.807, 2.05) is 31.2 Å². The Bertz CT molecular complexity index is 710. The van der Waals surface area contributed by atoms with Crippen molar-refractivity contribution in [3.8, 4) is 0 Å². The third-order valence-corrected chi connectivity index (χ3v) is 4.82. The van der Waals surface area contributed by atoms with Crippen molar-refractivity contribution in [2.45, 2.75) is 19.9 Å². The van der Waals surface area contributed by atoms with E-state index >= 15 is 0 Å². The van der Waals surface area contributed by atoms with Crippen molar-refractivity contribution in [1.82, 2.24) is 15.1 Å². The van der Waals surface area contributed by atoms with E-state index in [1.54, 1.807) is 6.92 Å². The number of esters is 1. The van der Waals surface area contributed by atoms with Crippen molar-refractivity contribution in [2.75, 3.05) is 39.8 Å². The number of nitrogens with one attached hydrogen (secondary N) is 1. The number of aliphatic imine (C=N–C) groups is 1. The van der Waals surface area contributed by atoms with Gasteiger partial charge in [0.1, 0.15) is 6.04 Å². The molecule has 7 nitrogen and oxygen atoms in total. The number of guanidine groups is 1. The number of carbonyl (C=O) groups excluding carboxylic acids is 2. The molecule has 0 aliphatic carbocycles. The van der Waals surface area contributed by atoms with E-state index < -0.39 is 17.9 Å². The fourth-order valence-corrected chi connectivity index (χ4v) is 3.34. The summed E-state index contributed by atoms with van der Waals surface area (Å²) >= 11 is 0. The van der Waals surface area contributed by atoms with Crippen molar-refractivity contribution in [1.29, 1.82) is 0 Å². The molecule has 0 saturated carbocycles. The molecule has 0 aromatic heterocycles. The van der Waals surface area contributed by atoms with E-state index in [2.05, 4.69) is 22.2 Å². The number of amides is 1. The van der Waals surface area contributed by atoms with Crippen LogP contribution in [0.4, 0.5) is 0 Å². The normalized spacial score (nSPS) is 24.0. The van der Waals surface area contributed by atoms with Crippen LogP contribution in [0.25, 0.3) is 0 Å². The van der Waals surface area contributed by atoms with Crippen molar-refractivity contribution in [3.63, 3.8) is 0 Å². The van der Waals surface area contributed by atoms with Crippen LogP contribution in [0.5, 0.6) is 0 Å². The SMILES string of the molecule is CCOC(=O)[C@@H]1C(=O)NC(N2CCN(C)CC2)=N[C@H]1c1cccc(C)c1. The number of hydrogen-bond acceptors (Lipinski definition) is 6. The van der Waals surface area contributed by atoms with Gasteiger partial charge in [0.25, 0.3) is 0 Å². The third-order valence-electron chi connectivity index (χ3n) is 4.82. The summed E-state index contributed by atoms with van der Waals surface area (Å²) < 4.78 is 5.14. The molecule has 1 fully saturated rings. The van der Waals surface area contributed by atoms with Crippen LogP contribution >= 0.6 is 0 Å². The second-order valence-corrected chi connectivity index (χ2v) is 6.82. The summed E-state index contributed by atoms with van der Waals surface area (Å²) in [6.45, 7) is 7.35. The molecule has 2 aliphatic rings. The van der Waals surface area contributed by atoms with Crippen LogP contribution in [0.2, 0.25) is 0 Å². The number of hydrogen-bond donors (Lipinski definition) is 1. The van der Waals surface area contributed by atoms with Gasteiger partial charge in [0.15, 0.2) is 5.92 Å². The van der Waals surface area contributed by atoms with Crippen LogP contribution < -0.4 is 5.32 Å². The molecule has 2 aliphatic heterocycles. The summed E-state index contributed by atoms with van der Waals surface area (Å²) in [5, 5.41) is 2.82. The Balaban J connectivity index is 1.95. The molecule has 1 N–H and O–H groups in total. The number of nitrogens with zero attached hydrogens (tertiary/aromatic N) is 3. The number of benzene rings is 1. The van der Waals surface area contributed by atoms with Crippen molar-refractivity contribution in [3.05, 3.63) is 35.4 Å². The first-order valence-corrected chi connectivity index (χ1v) is 9.05. The second kappa shape index (κ2) is 7.86. The smallest absolute Gasteiger partial charge is 0.321 e. The maximum atomic E-state index is 12.8. The van der Waals surface area contributed by atoms with Gasteiger partial charge in [-0.15, -0.1) is 0 Å². The first kappa shape index (κ1) is 18.4. The van der Waals surface area contributed by atoms with Crippen molar-refractivity contribution < 1.29 is 14.3 Å². The van der Waals surface area contributed by atoms with Gasteiger partial charge in [-0.3, -0.25) is 14.9 Å². The Labute approximate surface area is 154 Å². The van der Waals surface area contributed by atoms with E-state index in [9.17, 15) is 9.59 Å². The summed E-state index contributed by atoms with van der Waals surface area (Å²) in [5.41, 5.74) is 1.91. The molecule has 7 heteroatoms. The molecule has 3 rings (SSSR count). The molecule has 1 saturated heterocycles. The van der Waals surface area contributed by atoms with Gasteiger partial charge in [-0.2, -0.15) is 0 Å². The summed E-state index contributed by atoms with van der Waals surface area (Å²) in [4.78, 5) is 34.3. The minimum Gasteiger partial charge on any atom is -0.465 e. The lowest BCUT2D eigenvalue weighted by atomic mass is 9.90. The summed E-state index contributed by atoms with van der Waals surface area (Å²) in [6.07, 6.45) is 0. The van der Waals surface area contributed by atoms with E-state index in [-0.39, 0.29) is 12.5 Å². The zero-order valence-electron chi connectivity index (χ0n) is 15.6. The first-order valence-electron chi connectivity index (χ1n) is 9.05. The van der Waals surface area contributed by atoms with Gasteiger partial charge in [-0.25, -0.2) is 4.99 Å². The van der Waals surface area contributed by atoms with Crippen LogP contribution in [0.3, 0.4) is 0 Å². The largest absolute Gasteiger partial charge is 0.465 e. The highest BCUT2D eigenvalue weighted by atomic mass is 16.5. The monoisotopic (exact) mass is 358 g/mol. The van der Waals surface area contributed by atoms with E-state index in [4.69, 9.17) is 9.73 Å². The third kappa shape index (κ3) is 3.88. The maximum Gasteiger partial charge on any atom is 0.321 e. The van der Waals surface area contributed by atoms with Crippen LogP contribution in [0, 0.1) is 12.8 Å². The molecule has 2 atom stereocenters. The lowest BCUT2D eigenvalue weighted by molar-refractivity contribution is -0.153. The number of rotatable bonds is 3. The Morgan fingerprint density at radius 3 is 2.69 bits per heavy atom. The van der Waals surface area contributed by atoms with E-state index in [0.717, 1.165) is 37.3 Å². The highest BCUT2D eigenvalue weighted by Crippen LogP contribution is 2.31. The molecule has 140 valence electrons. The Kier molecular flexibility index (Phi) is 5.56. The average molecular weight is 358 g/mol. The Morgan fingerprint density at radius 2 is 2.04 bits per heavy atom. The fourth-order valence-electron chi connectivity index (χ4n) is 3.34. The van der Waals surface area contributed by atoms with E-state index in [0.29, 0.717) is 5.96 Å². The first-order chi connectivity index (χ1) is 12.5. The zero-order valence-corrected chi connectivity index (χ0v) is 15.6. The lowest BCUT2D eigenvalue weighted by Crippen LogP contribution is -2.56. The molecular weight excluding hydrogens is 332 g/mol. The molecule has 1 aromatic rings. The predicted molar refractivity (Wildman–Crippen MR) is 98.7 cm³/mol. The lowest BCUT2D eigenvalue weighted by Gasteiger charge is -2.37. The topological polar surface area (TPSA) is 74.2 Å². The molecule has 0 spiro atoms. The Hall–Kier alpha value is -2.41. The number of ether oxygens (including phenoxy) is 1. The molecule has 26 heavy (non-hydrogen) atoms. The minimum absolute atomic E-state index is 0.234. The van der Waals surface area contributed by atoms with Gasteiger partial charge < -0.3 is 14.5 Å². The molecule has 0 bridgehead atoms. The van der Waals surface area contributed by atoms with Gasteiger partial charge in [-0.05, 0) is 26.5 Å². The second-order valence-electron chi connectivity index (χ2n) is 6.82. The van der Waals surface area contributed by atoms with E-state index in [1.165, 1.54) is 0 Å². The van der Waals surface area contributed by atoms with Crippen molar-refractivity contribution >= 4 is 17.8 Å². The summed E-state index contributed by atoms with van der Waals surface area (Å²) in [5.74, 6) is -1.29. The number of piperazine rings is 1. The summed E-state index contributed by atoms with van der Waals surface area (Å²) in [7, 11) is 2.07. The zero-order chi connectivity index (χ0) is 18.7. The number of likely N-dealkylation sites (N-methyl/N-ethyl adjacent to an activating group) is 1. The van der Waals surface area contributed by atoms with Crippen LogP contribution in [-0.2, 0) is 14.3 Å². The molecular formula is C19H26N4O3. The number of carbonyl (C=O) groups is 2. The van der Waals surface area contributed by atoms with Gasteiger partial charge in [0.2, 0.25) is 11.9 Å². The van der Waals surface area contributed by atoms with Crippen LogP contribution in [-0.4, -0.2) is 67.5 Å². The predicted octanol–water partition coefficient (Wildman–Crippen LogP) is 0.949. The quantitative estimate of drug-likeness (QED) is 0.643. The molecule has 1 amide bonds. The van der Waals surface area contributed by atoms with Crippen molar-refractivity contribution in [2.24, 2.45) is 10.9 Å². The average Bonchev–Trinajstić information content (AvgIpc) is 2.61. The minimum atomic E-state index is -0.965. The highest BCUT2D eigenvalue weighted by molar-refractivity contribution is 6.08. The highest BCUT2D eigenvalue weighted by Gasteiger charge is 2.42. The van der Waals surface area contributed by atoms with Crippen LogP contribution in [0.1, 0.15) is 24.1 Å². The Morgan fingerprint density at radius 1 is 1.31 bits per heavy atom. The van der Waals surface area contributed by atoms with Gasteiger partial charge in [0.05, 0.1) is 6.61 Å². The molecule has 2 heterocycles. The van der Waals surface area contributed by atoms with Crippen LogP contribution in [0.15, 0.2) is 29.3 Å². The standard InChI is InChI=1S/C19H26N4O3/c1-4-26-18(25)15-16(14-7-5-6-13(2)12-14)20-19(21-17(15)24)23-10-8-22(3)9-11-23/h5-7,12,15-16H,4,8-11H2,1-3H3,(H,20,21,24)/t15-,16-/m0/s1. The summed E-state index contributed by atoms with van der Waals surface area (Å²) in [6, 6.07) is 7.22. The number of aryl methyl sites for hydroxylation is 1.